The fourth-order valence-electron chi connectivity index (χ4n) is 2.24. The Labute approximate surface area is 112 Å². The highest BCUT2D eigenvalue weighted by molar-refractivity contribution is 5.83. The molecule has 3 rings (SSSR count). The van der Waals surface area contributed by atoms with Gasteiger partial charge in [0.2, 0.25) is 5.95 Å². The Morgan fingerprint density at radius 3 is 2.50 bits per heavy atom. The zero-order valence-electron chi connectivity index (χ0n) is 10.5. The van der Waals surface area contributed by atoms with Crippen molar-refractivity contribution in [2.24, 2.45) is 0 Å². The third-order valence-corrected chi connectivity index (χ3v) is 3.13. The molecule has 0 aliphatic rings. The first kappa shape index (κ1) is 12.5. The average molecular weight is 277 g/mol. The summed E-state index contributed by atoms with van der Waals surface area (Å²) in [4.78, 5) is 4.10. The van der Waals surface area contributed by atoms with Crippen LogP contribution in [0, 0.1) is 24.4 Å². The highest BCUT2D eigenvalue weighted by Gasteiger charge is 2.17. The van der Waals surface area contributed by atoms with Gasteiger partial charge in [0.1, 0.15) is 5.82 Å². The van der Waals surface area contributed by atoms with Gasteiger partial charge < -0.3 is 5.73 Å². The molecule has 20 heavy (non-hydrogen) atoms. The van der Waals surface area contributed by atoms with Crippen molar-refractivity contribution in [3.8, 4) is 5.69 Å². The van der Waals surface area contributed by atoms with Gasteiger partial charge >= 0.3 is 0 Å². The van der Waals surface area contributed by atoms with Gasteiger partial charge in [0.15, 0.2) is 11.6 Å². The van der Waals surface area contributed by atoms with Crippen LogP contribution in [0.2, 0.25) is 0 Å². The van der Waals surface area contributed by atoms with Crippen LogP contribution in [0.4, 0.5) is 19.1 Å². The van der Waals surface area contributed by atoms with Crippen LogP contribution in [0.5, 0.6) is 0 Å². The number of aryl methyl sites for hydroxylation is 1. The zero-order valence-corrected chi connectivity index (χ0v) is 10.5. The van der Waals surface area contributed by atoms with Crippen LogP contribution in [0.3, 0.4) is 0 Å². The lowest BCUT2D eigenvalue weighted by atomic mass is 10.2. The van der Waals surface area contributed by atoms with Crippen LogP contribution in [0.1, 0.15) is 5.56 Å². The molecule has 1 aromatic heterocycles. The summed E-state index contributed by atoms with van der Waals surface area (Å²) in [5.74, 6) is -3.28. The van der Waals surface area contributed by atoms with E-state index in [-0.39, 0.29) is 11.6 Å². The standard InChI is InChI=1S/C14H10F3N3/c1-7-3-2-4-11-13(7)20(14(18)19-11)12-6-9(16)8(15)5-10(12)17/h2-6H,1H3,(H2,18,19). The Bertz CT molecular complexity index is 824. The first-order valence-corrected chi connectivity index (χ1v) is 5.87. The molecule has 0 saturated carbocycles. The summed E-state index contributed by atoms with van der Waals surface area (Å²) in [6.45, 7) is 1.80. The van der Waals surface area contributed by atoms with E-state index in [1.807, 2.05) is 0 Å². The number of benzene rings is 2. The summed E-state index contributed by atoms with van der Waals surface area (Å²) in [6.07, 6.45) is 0. The lowest BCUT2D eigenvalue weighted by Gasteiger charge is -2.09. The van der Waals surface area contributed by atoms with Crippen molar-refractivity contribution in [2.75, 3.05) is 5.73 Å². The summed E-state index contributed by atoms with van der Waals surface area (Å²) in [5, 5.41) is 0. The van der Waals surface area contributed by atoms with Crippen molar-refractivity contribution in [3.63, 3.8) is 0 Å². The summed E-state index contributed by atoms with van der Waals surface area (Å²) in [5.41, 5.74) is 7.54. The Hall–Kier alpha value is -2.50. The fourth-order valence-corrected chi connectivity index (χ4v) is 2.24. The second-order valence-corrected chi connectivity index (χ2v) is 4.47. The first-order chi connectivity index (χ1) is 9.49. The molecule has 0 amide bonds. The molecule has 0 aliphatic carbocycles. The predicted octanol–water partition coefficient (Wildman–Crippen LogP) is 3.33. The molecule has 0 bridgehead atoms. The highest BCUT2D eigenvalue weighted by Crippen LogP contribution is 2.28. The van der Waals surface area contributed by atoms with Gasteiger partial charge in [-0.25, -0.2) is 18.2 Å². The molecular weight excluding hydrogens is 267 g/mol. The monoisotopic (exact) mass is 277 g/mol. The van der Waals surface area contributed by atoms with Crippen LogP contribution < -0.4 is 5.73 Å². The number of aromatic nitrogens is 2. The van der Waals surface area contributed by atoms with Crippen LogP contribution >= 0.6 is 0 Å². The lowest BCUT2D eigenvalue weighted by Crippen LogP contribution is -2.05. The van der Waals surface area contributed by atoms with E-state index in [1.165, 1.54) is 4.57 Å². The minimum atomic E-state index is -1.24. The van der Waals surface area contributed by atoms with Gasteiger partial charge in [0.05, 0.1) is 16.7 Å². The van der Waals surface area contributed by atoms with Crippen molar-refractivity contribution < 1.29 is 13.2 Å². The number of hydrogen-bond donors (Lipinski definition) is 1. The number of fused-ring (bicyclic) bond motifs is 1. The molecule has 2 N–H and O–H groups in total. The number of para-hydroxylation sites is 1. The van der Waals surface area contributed by atoms with Gasteiger partial charge in [-0.3, -0.25) is 4.57 Å². The number of nitrogen functional groups attached to an aromatic ring is 1. The maximum absolute atomic E-state index is 13.9. The van der Waals surface area contributed by atoms with Crippen LogP contribution in [0.25, 0.3) is 16.7 Å². The average Bonchev–Trinajstić information content (AvgIpc) is 2.71. The van der Waals surface area contributed by atoms with E-state index in [0.717, 1.165) is 11.6 Å². The molecule has 6 heteroatoms. The normalized spacial score (nSPS) is 11.2. The third-order valence-electron chi connectivity index (χ3n) is 3.13. The van der Waals surface area contributed by atoms with Crippen LogP contribution in [-0.2, 0) is 0 Å². The topological polar surface area (TPSA) is 43.8 Å². The molecule has 0 spiro atoms. The maximum Gasteiger partial charge on any atom is 0.206 e. The molecule has 102 valence electrons. The molecule has 0 atom stereocenters. The van der Waals surface area contributed by atoms with Crippen molar-refractivity contribution in [3.05, 3.63) is 53.3 Å². The molecule has 0 aliphatic heterocycles. The van der Waals surface area contributed by atoms with Crippen LogP contribution in [-0.4, -0.2) is 9.55 Å². The zero-order chi connectivity index (χ0) is 14.4. The number of halogens is 3. The third kappa shape index (κ3) is 1.72. The Kier molecular flexibility index (Phi) is 2.67. The van der Waals surface area contributed by atoms with Crippen molar-refractivity contribution in [2.45, 2.75) is 6.92 Å². The van der Waals surface area contributed by atoms with E-state index in [0.29, 0.717) is 17.1 Å². The van der Waals surface area contributed by atoms with E-state index in [9.17, 15) is 13.2 Å². The molecule has 0 unspecified atom stereocenters. The summed E-state index contributed by atoms with van der Waals surface area (Å²) in [6, 6.07) is 6.57. The second-order valence-electron chi connectivity index (χ2n) is 4.47. The fraction of sp³-hybridized carbons (Fsp3) is 0.0714. The smallest absolute Gasteiger partial charge is 0.206 e. The lowest BCUT2D eigenvalue weighted by molar-refractivity contribution is 0.493. The van der Waals surface area contributed by atoms with Crippen molar-refractivity contribution in [1.29, 1.82) is 0 Å². The van der Waals surface area contributed by atoms with Gasteiger partial charge in [0.25, 0.3) is 0 Å². The molecule has 0 radical (unpaired) electrons. The maximum atomic E-state index is 13.9. The van der Waals surface area contributed by atoms with Crippen LogP contribution in [0.15, 0.2) is 30.3 Å². The first-order valence-electron chi connectivity index (χ1n) is 5.87. The summed E-state index contributed by atoms with van der Waals surface area (Å²) >= 11 is 0. The minimum Gasteiger partial charge on any atom is -0.369 e. The van der Waals surface area contributed by atoms with Gasteiger partial charge in [-0.2, -0.15) is 0 Å². The molecule has 0 fully saturated rings. The Morgan fingerprint density at radius 1 is 1.05 bits per heavy atom. The molecular formula is C14H10F3N3. The van der Waals surface area contributed by atoms with Gasteiger partial charge in [0, 0.05) is 12.1 Å². The Balaban J connectivity index is 2.41. The number of nitrogens with two attached hydrogens (primary N) is 1. The van der Waals surface area contributed by atoms with Gasteiger partial charge in [-0.15, -0.1) is 0 Å². The van der Waals surface area contributed by atoms with Crippen molar-refractivity contribution in [1.82, 2.24) is 9.55 Å². The largest absolute Gasteiger partial charge is 0.369 e. The second kappa shape index (κ2) is 4.26. The number of hydrogen-bond acceptors (Lipinski definition) is 2. The van der Waals surface area contributed by atoms with Crippen molar-refractivity contribution >= 4 is 17.0 Å². The van der Waals surface area contributed by atoms with E-state index >= 15 is 0 Å². The number of rotatable bonds is 1. The Morgan fingerprint density at radius 2 is 1.75 bits per heavy atom. The highest BCUT2D eigenvalue weighted by atomic mass is 19.2. The summed E-state index contributed by atoms with van der Waals surface area (Å²) < 4.78 is 41.6. The molecule has 0 saturated heterocycles. The molecule has 2 aromatic carbocycles. The van der Waals surface area contributed by atoms with E-state index in [4.69, 9.17) is 5.73 Å². The number of nitrogens with zero attached hydrogens (tertiary/aromatic N) is 2. The van der Waals surface area contributed by atoms with E-state index < -0.39 is 17.5 Å². The molecule has 1 heterocycles. The molecule has 3 aromatic rings. The predicted molar refractivity (Wildman–Crippen MR) is 70.1 cm³/mol. The summed E-state index contributed by atoms with van der Waals surface area (Å²) in [7, 11) is 0. The minimum absolute atomic E-state index is 0.0132. The molecule has 3 nitrogen and oxygen atoms in total. The van der Waals surface area contributed by atoms with E-state index in [1.54, 1.807) is 25.1 Å². The number of imidazole rings is 1. The van der Waals surface area contributed by atoms with E-state index in [2.05, 4.69) is 4.98 Å². The van der Waals surface area contributed by atoms with Gasteiger partial charge in [-0.1, -0.05) is 12.1 Å². The quantitative estimate of drug-likeness (QED) is 0.693. The van der Waals surface area contributed by atoms with Gasteiger partial charge in [-0.05, 0) is 18.6 Å². The SMILES string of the molecule is Cc1cccc2nc(N)n(-c3cc(F)c(F)cc3F)c12. The number of anilines is 1.